The van der Waals surface area contributed by atoms with E-state index < -0.39 is 0 Å². The van der Waals surface area contributed by atoms with Crippen LogP contribution in [0.1, 0.15) is 39.2 Å². The van der Waals surface area contributed by atoms with E-state index in [9.17, 15) is 0 Å². The average molecular weight is 327 g/mol. The molecule has 0 aliphatic carbocycles. The fourth-order valence-corrected chi connectivity index (χ4v) is 2.36. The van der Waals surface area contributed by atoms with Gasteiger partial charge in [0.15, 0.2) is 0 Å². The van der Waals surface area contributed by atoms with Crippen molar-refractivity contribution >= 4 is 5.69 Å². The zero-order valence-electron chi connectivity index (χ0n) is 15.2. The molecule has 0 aliphatic rings. The molecule has 24 heavy (non-hydrogen) atoms. The second-order valence-corrected chi connectivity index (χ2v) is 6.16. The molecule has 0 fully saturated rings. The summed E-state index contributed by atoms with van der Waals surface area (Å²) in [5.41, 5.74) is 2.22. The molecule has 0 radical (unpaired) electrons. The molecule has 2 aromatic rings. The molecule has 0 aliphatic heterocycles. The molecule has 130 valence electrons. The van der Waals surface area contributed by atoms with Gasteiger partial charge in [0.25, 0.3) is 0 Å². The van der Waals surface area contributed by atoms with E-state index in [-0.39, 0.29) is 12.2 Å². The number of ether oxygens (including phenoxy) is 2. The number of anilines is 1. The van der Waals surface area contributed by atoms with Crippen LogP contribution in [0.4, 0.5) is 5.69 Å². The summed E-state index contributed by atoms with van der Waals surface area (Å²) < 4.78 is 12.0. The SMILES string of the molecule is CCC(C)Oc1cccc(NCC(CC)Oc2ccccc2C)c1. The van der Waals surface area contributed by atoms with Crippen LogP contribution in [0, 0.1) is 6.92 Å². The van der Waals surface area contributed by atoms with Crippen molar-refractivity contribution in [3.05, 3.63) is 54.1 Å². The minimum absolute atomic E-state index is 0.130. The Labute approximate surface area is 146 Å². The van der Waals surface area contributed by atoms with Crippen LogP contribution in [0.2, 0.25) is 0 Å². The number of hydrogen-bond acceptors (Lipinski definition) is 3. The van der Waals surface area contributed by atoms with Gasteiger partial charge in [-0.1, -0.05) is 38.1 Å². The van der Waals surface area contributed by atoms with Gasteiger partial charge in [0, 0.05) is 11.8 Å². The third kappa shape index (κ3) is 5.48. The fourth-order valence-electron chi connectivity index (χ4n) is 2.36. The number of benzene rings is 2. The highest BCUT2D eigenvalue weighted by Crippen LogP contribution is 2.21. The van der Waals surface area contributed by atoms with Gasteiger partial charge in [-0.3, -0.25) is 0 Å². The van der Waals surface area contributed by atoms with Gasteiger partial charge in [0.1, 0.15) is 17.6 Å². The molecule has 2 rings (SSSR count). The van der Waals surface area contributed by atoms with E-state index in [1.54, 1.807) is 0 Å². The Bertz CT molecular complexity index is 627. The van der Waals surface area contributed by atoms with Crippen LogP contribution < -0.4 is 14.8 Å². The van der Waals surface area contributed by atoms with Gasteiger partial charge in [0.2, 0.25) is 0 Å². The summed E-state index contributed by atoms with van der Waals surface area (Å²) in [6, 6.07) is 16.3. The minimum Gasteiger partial charge on any atom is -0.491 e. The quantitative estimate of drug-likeness (QED) is 0.665. The van der Waals surface area contributed by atoms with Crippen molar-refractivity contribution in [2.45, 2.75) is 52.7 Å². The van der Waals surface area contributed by atoms with E-state index >= 15 is 0 Å². The third-order valence-corrected chi connectivity index (χ3v) is 4.12. The molecule has 0 aromatic heterocycles. The monoisotopic (exact) mass is 327 g/mol. The van der Waals surface area contributed by atoms with Crippen LogP contribution >= 0.6 is 0 Å². The van der Waals surface area contributed by atoms with Crippen molar-refractivity contribution in [2.24, 2.45) is 0 Å². The number of aryl methyl sites for hydroxylation is 1. The predicted molar refractivity (Wildman–Crippen MR) is 101 cm³/mol. The van der Waals surface area contributed by atoms with Crippen molar-refractivity contribution in [3.8, 4) is 11.5 Å². The molecular weight excluding hydrogens is 298 g/mol. The third-order valence-electron chi connectivity index (χ3n) is 4.12. The normalized spacial score (nSPS) is 13.2. The maximum absolute atomic E-state index is 6.13. The van der Waals surface area contributed by atoms with Crippen LogP contribution in [0.3, 0.4) is 0 Å². The summed E-state index contributed by atoms with van der Waals surface area (Å²) in [7, 11) is 0. The van der Waals surface area contributed by atoms with E-state index in [0.717, 1.165) is 36.6 Å². The van der Waals surface area contributed by atoms with Crippen LogP contribution in [0.25, 0.3) is 0 Å². The van der Waals surface area contributed by atoms with Crippen LogP contribution in [0.5, 0.6) is 11.5 Å². The Morgan fingerprint density at radius 3 is 2.46 bits per heavy atom. The molecule has 3 nitrogen and oxygen atoms in total. The standard InChI is InChI=1S/C21H29NO2/c1-5-17(4)23-20-12-9-11-18(14-20)22-15-19(6-2)24-21-13-8-7-10-16(21)3/h7-14,17,19,22H,5-6,15H2,1-4H3. The molecule has 0 amide bonds. The lowest BCUT2D eigenvalue weighted by atomic mass is 10.2. The lowest BCUT2D eigenvalue weighted by molar-refractivity contribution is 0.208. The second-order valence-electron chi connectivity index (χ2n) is 6.16. The Morgan fingerprint density at radius 1 is 0.958 bits per heavy atom. The van der Waals surface area contributed by atoms with Crippen LogP contribution in [0.15, 0.2) is 48.5 Å². The molecule has 2 unspecified atom stereocenters. The highest BCUT2D eigenvalue weighted by Gasteiger charge is 2.10. The largest absolute Gasteiger partial charge is 0.491 e. The van der Waals surface area contributed by atoms with E-state index in [0.29, 0.717) is 0 Å². The van der Waals surface area contributed by atoms with Crippen molar-refractivity contribution in [1.29, 1.82) is 0 Å². The number of hydrogen-bond donors (Lipinski definition) is 1. The first-order valence-electron chi connectivity index (χ1n) is 8.85. The maximum atomic E-state index is 6.13. The van der Waals surface area contributed by atoms with Gasteiger partial charge in [-0.05, 0) is 50.5 Å². The molecule has 1 N–H and O–H groups in total. The van der Waals surface area contributed by atoms with E-state index in [1.165, 1.54) is 5.56 Å². The molecule has 3 heteroatoms. The van der Waals surface area contributed by atoms with Crippen molar-refractivity contribution < 1.29 is 9.47 Å². The van der Waals surface area contributed by atoms with Crippen LogP contribution in [-0.2, 0) is 0 Å². The molecule has 0 bridgehead atoms. The fraction of sp³-hybridized carbons (Fsp3) is 0.429. The van der Waals surface area contributed by atoms with E-state index in [1.807, 2.05) is 36.4 Å². The smallest absolute Gasteiger partial charge is 0.122 e. The zero-order valence-corrected chi connectivity index (χ0v) is 15.2. The lowest BCUT2D eigenvalue weighted by Crippen LogP contribution is -2.25. The molecule has 0 saturated heterocycles. The summed E-state index contributed by atoms with van der Waals surface area (Å²) in [4.78, 5) is 0. The van der Waals surface area contributed by atoms with Crippen molar-refractivity contribution in [2.75, 3.05) is 11.9 Å². The molecule has 0 saturated carbocycles. The van der Waals surface area contributed by atoms with Gasteiger partial charge in [0.05, 0.1) is 12.6 Å². The molecule has 2 atom stereocenters. The Morgan fingerprint density at radius 2 is 1.75 bits per heavy atom. The number of rotatable bonds is 9. The first-order valence-corrected chi connectivity index (χ1v) is 8.85. The first-order chi connectivity index (χ1) is 11.6. The highest BCUT2D eigenvalue weighted by molar-refractivity contribution is 5.48. The van der Waals surface area contributed by atoms with E-state index in [4.69, 9.17) is 9.47 Å². The maximum Gasteiger partial charge on any atom is 0.122 e. The predicted octanol–water partition coefficient (Wildman–Crippen LogP) is 5.44. The highest BCUT2D eigenvalue weighted by atomic mass is 16.5. The molecule has 0 heterocycles. The average Bonchev–Trinajstić information content (AvgIpc) is 2.60. The summed E-state index contributed by atoms with van der Waals surface area (Å²) in [5, 5.41) is 3.46. The molecule has 0 spiro atoms. The Kier molecular flexibility index (Phi) is 6.98. The van der Waals surface area contributed by atoms with Gasteiger partial charge in [-0.25, -0.2) is 0 Å². The van der Waals surface area contributed by atoms with Crippen molar-refractivity contribution in [3.63, 3.8) is 0 Å². The zero-order chi connectivity index (χ0) is 17.4. The van der Waals surface area contributed by atoms with Gasteiger partial charge < -0.3 is 14.8 Å². The van der Waals surface area contributed by atoms with Crippen LogP contribution in [-0.4, -0.2) is 18.8 Å². The first kappa shape index (κ1) is 18.2. The minimum atomic E-state index is 0.130. The van der Waals surface area contributed by atoms with Gasteiger partial charge >= 0.3 is 0 Å². The van der Waals surface area contributed by atoms with Crippen molar-refractivity contribution in [1.82, 2.24) is 0 Å². The topological polar surface area (TPSA) is 30.5 Å². The summed E-state index contributed by atoms with van der Waals surface area (Å²) in [6.45, 7) is 9.20. The summed E-state index contributed by atoms with van der Waals surface area (Å²) in [5.74, 6) is 1.86. The summed E-state index contributed by atoms with van der Waals surface area (Å²) >= 11 is 0. The Hall–Kier alpha value is -2.16. The molecule has 2 aromatic carbocycles. The summed E-state index contributed by atoms with van der Waals surface area (Å²) in [6.07, 6.45) is 2.31. The lowest BCUT2D eigenvalue weighted by Gasteiger charge is -2.20. The van der Waals surface area contributed by atoms with Gasteiger partial charge in [-0.15, -0.1) is 0 Å². The van der Waals surface area contributed by atoms with Gasteiger partial charge in [-0.2, -0.15) is 0 Å². The number of para-hydroxylation sites is 1. The Balaban J connectivity index is 1.93. The van der Waals surface area contributed by atoms with E-state index in [2.05, 4.69) is 45.1 Å². The number of nitrogens with one attached hydrogen (secondary N) is 1. The second kappa shape index (κ2) is 9.21. The molecular formula is C21H29NO2.